The molecule has 0 aromatic carbocycles. The van der Waals surface area contributed by atoms with Gasteiger partial charge in [-0.25, -0.2) is 4.98 Å². The van der Waals surface area contributed by atoms with Gasteiger partial charge in [-0.2, -0.15) is 0 Å². The van der Waals surface area contributed by atoms with Crippen molar-refractivity contribution in [3.63, 3.8) is 0 Å². The van der Waals surface area contributed by atoms with Crippen molar-refractivity contribution >= 4 is 11.8 Å². The minimum Gasteiger partial charge on any atom is -0.481 e. The van der Waals surface area contributed by atoms with Gasteiger partial charge < -0.3 is 15.0 Å². The Labute approximate surface area is 118 Å². The first kappa shape index (κ1) is 16.2. The number of nitrogens with zero attached hydrogens (tertiary/aromatic N) is 2. The summed E-state index contributed by atoms with van der Waals surface area (Å²) in [5.41, 5.74) is -0.133. The zero-order valence-corrected chi connectivity index (χ0v) is 12.3. The molecule has 0 radical (unpaired) electrons. The number of rotatable bonds is 8. The van der Waals surface area contributed by atoms with E-state index in [1.54, 1.807) is 17.0 Å². The van der Waals surface area contributed by atoms with E-state index in [1.165, 1.54) is 0 Å². The largest absolute Gasteiger partial charge is 0.481 e. The van der Waals surface area contributed by atoms with E-state index < -0.39 is 5.97 Å². The quantitative estimate of drug-likeness (QED) is 0.759. The van der Waals surface area contributed by atoms with Crippen LogP contribution in [0.1, 0.15) is 33.6 Å². The lowest BCUT2D eigenvalue weighted by molar-refractivity contribution is -0.137. The number of hydrogen-bond donors (Lipinski definition) is 2. The zero-order valence-electron chi connectivity index (χ0n) is 12.3. The smallest absolute Gasteiger partial charge is 0.303 e. The number of nitrogens with one attached hydrogen (secondary N) is 1. The first-order valence-electron chi connectivity index (χ1n) is 6.91. The second kappa shape index (κ2) is 7.67. The highest BCUT2D eigenvalue weighted by atomic mass is 16.4. The fourth-order valence-electron chi connectivity index (χ4n) is 1.85. The number of hydrogen-bond acceptors (Lipinski definition) is 4. The summed E-state index contributed by atoms with van der Waals surface area (Å²) in [4.78, 5) is 26.7. The molecule has 0 amide bonds. The van der Waals surface area contributed by atoms with Crippen molar-refractivity contribution in [3.8, 4) is 0 Å². The molecule has 0 saturated heterocycles. The van der Waals surface area contributed by atoms with Crippen LogP contribution in [0.3, 0.4) is 0 Å². The summed E-state index contributed by atoms with van der Waals surface area (Å²) in [6, 6.07) is 0. The highest BCUT2D eigenvalue weighted by molar-refractivity contribution is 5.66. The molecule has 2 N–H and O–H groups in total. The summed E-state index contributed by atoms with van der Waals surface area (Å²) < 4.78 is 1.64. The van der Waals surface area contributed by atoms with Gasteiger partial charge in [0.1, 0.15) is 0 Å². The Hall–Kier alpha value is -1.85. The zero-order chi connectivity index (χ0) is 15.1. The SMILES string of the molecule is CC(C)Cn1ccnc(NCC(C)CCC(=O)O)c1=O. The van der Waals surface area contributed by atoms with Gasteiger partial charge in [0.15, 0.2) is 5.82 Å². The molecular formula is C14H23N3O3. The van der Waals surface area contributed by atoms with Crippen LogP contribution in [0.25, 0.3) is 0 Å². The first-order valence-corrected chi connectivity index (χ1v) is 6.91. The molecule has 6 nitrogen and oxygen atoms in total. The predicted molar refractivity (Wildman–Crippen MR) is 77.9 cm³/mol. The standard InChI is InChI=1S/C14H23N3O3/c1-10(2)9-17-7-6-15-13(14(17)20)16-8-11(3)4-5-12(18)19/h6-7,10-11H,4-5,8-9H2,1-3H3,(H,15,16)(H,18,19). The number of anilines is 1. The third-order valence-corrected chi connectivity index (χ3v) is 2.94. The fraction of sp³-hybridized carbons (Fsp3) is 0.643. The average Bonchev–Trinajstić information content (AvgIpc) is 2.37. The van der Waals surface area contributed by atoms with Gasteiger partial charge in [0.25, 0.3) is 5.56 Å². The summed E-state index contributed by atoms with van der Waals surface area (Å²) in [6.45, 7) is 7.25. The molecule has 0 fully saturated rings. The van der Waals surface area contributed by atoms with Gasteiger partial charge in [-0.1, -0.05) is 20.8 Å². The maximum Gasteiger partial charge on any atom is 0.303 e. The number of carboxylic acids is 1. The molecule has 0 saturated carbocycles. The van der Waals surface area contributed by atoms with Gasteiger partial charge in [-0.15, -0.1) is 0 Å². The Kier molecular flexibility index (Phi) is 6.21. The van der Waals surface area contributed by atoms with E-state index in [4.69, 9.17) is 5.11 Å². The molecule has 1 heterocycles. The molecule has 0 aliphatic carbocycles. The van der Waals surface area contributed by atoms with Crippen molar-refractivity contribution in [3.05, 3.63) is 22.7 Å². The number of carboxylic acid groups (broad SMARTS) is 1. The second-order valence-electron chi connectivity index (χ2n) is 5.55. The van der Waals surface area contributed by atoms with Crippen LogP contribution in [-0.2, 0) is 11.3 Å². The Bertz CT molecular complexity index is 497. The molecule has 20 heavy (non-hydrogen) atoms. The maximum atomic E-state index is 12.1. The summed E-state index contributed by atoms with van der Waals surface area (Å²) in [7, 11) is 0. The van der Waals surface area contributed by atoms with Crippen LogP contribution in [-0.4, -0.2) is 27.2 Å². The Morgan fingerprint density at radius 2 is 2.15 bits per heavy atom. The van der Waals surface area contributed by atoms with Gasteiger partial charge >= 0.3 is 5.97 Å². The van der Waals surface area contributed by atoms with Crippen molar-refractivity contribution in [1.29, 1.82) is 0 Å². The van der Waals surface area contributed by atoms with Gasteiger partial charge in [0.05, 0.1) is 0 Å². The Morgan fingerprint density at radius 1 is 1.45 bits per heavy atom. The van der Waals surface area contributed by atoms with Crippen LogP contribution in [0.2, 0.25) is 0 Å². The van der Waals surface area contributed by atoms with Gasteiger partial charge in [0.2, 0.25) is 0 Å². The molecule has 1 aromatic rings. The van der Waals surface area contributed by atoms with Crippen LogP contribution >= 0.6 is 0 Å². The third kappa shape index (κ3) is 5.42. The summed E-state index contributed by atoms with van der Waals surface area (Å²) in [5, 5.41) is 11.6. The lowest BCUT2D eigenvalue weighted by Gasteiger charge is -2.13. The molecule has 1 rings (SSSR count). The molecule has 0 aliphatic rings. The molecule has 112 valence electrons. The van der Waals surface area contributed by atoms with Gasteiger partial charge in [-0.05, 0) is 18.3 Å². The first-order chi connectivity index (χ1) is 9.40. The van der Waals surface area contributed by atoms with E-state index >= 15 is 0 Å². The van der Waals surface area contributed by atoms with Crippen LogP contribution < -0.4 is 10.9 Å². The van der Waals surface area contributed by atoms with Crippen LogP contribution in [0.5, 0.6) is 0 Å². The van der Waals surface area contributed by atoms with E-state index in [2.05, 4.69) is 10.3 Å². The van der Waals surface area contributed by atoms with Gasteiger partial charge in [-0.3, -0.25) is 9.59 Å². The highest BCUT2D eigenvalue weighted by Crippen LogP contribution is 2.06. The lowest BCUT2D eigenvalue weighted by atomic mass is 10.1. The molecule has 0 spiro atoms. The van der Waals surface area contributed by atoms with Crippen molar-refractivity contribution in [2.45, 2.75) is 40.2 Å². The molecule has 0 aliphatic heterocycles. The number of carbonyl (C=O) groups is 1. The van der Waals surface area contributed by atoms with Crippen molar-refractivity contribution in [2.24, 2.45) is 11.8 Å². The van der Waals surface area contributed by atoms with E-state index in [0.29, 0.717) is 31.2 Å². The van der Waals surface area contributed by atoms with Crippen molar-refractivity contribution < 1.29 is 9.90 Å². The number of aliphatic carboxylic acids is 1. The predicted octanol–water partition coefficient (Wildman–Crippen LogP) is 1.81. The van der Waals surface area contributed by atoms with E-state index in [9.17, 15) is 9.59 Å². The van der Waals surface area contributed by atoms with Crippen LogP contribution in [0.4, 0.5) is 5.82 Å². The lowest BCUT2D eigenvalue weighted by Crippen LogP contribution is -2.27. The normalized spacial score (nSPS) is 12.4. The average molecular weight is 281 g/mol. The fourth-order valence-corrected chi connectivity index (χ4v) is 1.85. The molecule has 1 atom stereocenters. The second-order valence-corrected chi connectivity index (χ2v) is 5.55. The van der Waals surface area contributed by atoms with Crippen molar-refractivity contribution in [1.82, 2.24) is 9.55 Å². The summed E-state index contributed by atoms with van der Waals surface area (Å²) in [5.74, 6) is 0.0906. The van der Waals surface area contributed by atoms with E-state index in [-0.39, 0.29) is 17.9 Å². The highest BCUT2D eigenvalue weighted by Gasteiger charge is 2.09. The van der Waals surface area contributed by atoms with Crippen LogP contribution in [0.15, 0.2) is 17.2 Å². The molecule has 6 heteroatoms. The molecule has 1 aromatic heterocycles. The van der Waals surface area contributed by atoms with Crippen LogP contribution in [0, 0.1) is 11.8 Å². The topological polar surface area (TPSA) is 84.2 Å². The number of aromatic nitrogens is 2. The minimum atomic E-state index is -0.797. The monoisotopic (exact) mass is 281 g/mol. The molecular weight excluding hydrogens is 258 g/mol. The van der Waals surface area contributed by atoms with Gasteiger partial charge in [0, 0.05) is 31.9 Å². The summed E-state index contributed by atoms with van der Waals surface area (Å²) in [6.07, 6.45) is 4.01. The summed E-state index contributed by atoms with van der Waals surface area (Å²) >= 11 is 0. The molecule has 1 unspecified atom stereocenters. The minimum absolute atomic E-state index is 0.133. The maximum absolute atomic E-state index is 12.1. The third-order valence-electron chi connectivity index (χ3n) is 2.94. The molecule has 0 bridgehead atoms. The van der Waals surface area contributed by atoms with Crippen molar-refractivity contribution in [2.75, 3.05) is 11.9 Å². The van der Waals surface area contributed by atoms with E-state index in [1.807, 2.05) is 20.8 Å². The Morgan fingerprint density at radius 3 is 2.75 bits per heavy atom. The van der Waals surface area contributed by atoms with E-state index in [0.717, 1.165) is 0 Å². The Balaban J connectivity index is 2.60.